The van der Waals surface area contributed by atoms with Gasteiger partial charge in [-0.2, -0.15) is 0 Å². The Hall–Kier alpha value is -2.13. The van der Waals surface area contributed by atoms with Crippen LogP contribution in [0.15, 0.2) is 54.6 Å². The minimum atomic E-state index is 0.110. The van der Waals surface area contributed by atoms with Gasteiger partial charge < -0.3 is 9.47 Å². The van der Waals surface area contributed by atoms with Gasteiger partial charge in [-0.3, -0.25) is 4.79 Å². The molecule has 0 bridgehead atoms. The summed E-state index contributed by atoms with van der Waals surface area (Å²) in [6, 6.07) is 17.0. The average molecular weight is 298 g/mol. The Labute approximate surface area is 131 Å². The summed E-state index contributed by atoms with van der Waals surface area (Å²) >= 11 is 0. The van der Waals surface area contributed by atoms with Crippen molar-refractivity contribution in [2.75, 3.05) is 13.7 Å². The van der Waals surface area contributed by atoms with Crippen molar-refractivity contribution >= 4 is 5.78 Å². The third-order valence-corrected chi connectivity index (χ3v) is 3.61. The van der Waals surface area contributed by atoms with Gasteiger partial charge in [-0.25, -0.2) is 0 Å². The Bertz CT molecular complexity index is 571. The number of ketones is 1. The molecular formula is C19H22O3. The predicted molar refractivity (Wildman–Crippen MR) is 87.5 cm³/mol. The molecule has 3 nitrogen and oxygen atoms in total. The van der Waals surface area contributed by atoms with E-state index in [2.05, 4.69) is 6.92 Å². The summed E-state index contributed by atoms with van der Waals surface area (Å²) < 4.78 is 11.0. The van der Waals surface area contributed by atoms with Crippen LogP contribution in [0.1, 0.15) is 29.3 Å². The van der Waals surface area contributed by atoms with E-state index < -0.39 is 0 Å². The van der Waals surface area contributed by atoms with Crippen molar-refractivity contribution in [2.45, 2.75) is 25.9 Å². The molecular weight excluding hydrogens is 276 g/mol. The maximum atomic E-state index is 12.1. The second kappa shape index (κ2) is 8.35. The zero-order valence-corrected chi connectivity index (χ0v) is 13.1. The highest BCUT2D eigenvalue weighted by molar-refractivity contribution is 5.97. The van der Waals surface area contributed by atoms with Crippen molar-refractivity contribution in [3.63, 3.8) is 0 Å². The summed E-state index contributed by atoms with van der Waals surface area (Å²) in [5, 5.41) is 0. The van der Waals surface area contributed by atoms with E-state index in [-0.39, 0.29) is 11.9 Å². The van der Waals surface area contributed by atoms with Crippen molar-refractivity contribution in [2.24, 2.45) is 0 Å². The number of carbonyl (C=O) groups is 1. The first kappa shape index (κ1) is 16.2. The highest BCUT2D eigenvalue weighted by atomic mass is 16.5. The van der Waals surface area contributed by atoms with Crippen LogP contribution in [0.2, 0.25) is 0 Å². The number of methoxy groups -OCH3 is 1. The first-order valence-corrected chi connectivity index (χ1v) is 7.55. The van der Waals surface area contributed by atoms with Crippen molar-refractivity contribution < 1.29 is 14.3 Å². The van der Waals surface area contributed by atoms with Gasteiger partial charge in [0.15, 0.2) is 5.78 Å². The molecule has 2 aromatic rings. The topological polar surface area (TPSA) is 35.5 Å². The Morgan fingerprint density at radius 1 is 1.05 bits per heavy atom. The maximum Gasteiger partial charge on any atom is 0.167 e. The Morgan fingerprint density at radius 2 is 1.73 bits per heavy atom. The van der Waals surface area contributed by atoms with E-state index in [4.69, 9.17) is 9.47 Å². The molecule has 0 aliphatic carbocycles. The van der Waals surface area contributed by atoms with Gasteiger partial charge in [0.1, 0.15) is 12.4 Å². The number of hydrogen-bond donors (Lipinski definition) is 0. The minimum absolute atomic E-state index is 0.110. The molecule has 0 N–H and O–H groups in total. The molecule has 3 heteroatoms. The number of benzene rings is 2. The SMILES string of the molecule is CCC(COc1ccc(CC(=O)c2ccccc2)cc1)OC. The van der Waals surface area contributed by atoms with Gasteiger partial charge >= 0.3 is 0 Å². The largest absolute Gasteiger partial charge is 0.491 e. The van der Waals surface area contributed by atoms with Gasteiger partial charge in [-0.1, -0.05) is 49.4 Å². The smallest absolute Gasteiger partial charge is 0.167 e. The van der Waals surface area contributed by atoms with Crippen molar-refractivity contribution in [1.82, 2.24) is 0 Å². The van der Waals surface area contributed by atoms with Gasteiger partial charge in [0.2, 0.25) is 0 Å². The van der Waals surface area contributed by atoms with Crippen molar-refractivity contribution in [3.8, 4) is 5.75 Å². The highest BCUT2D eigenvalue weighted by Crippen LogP contribution is 2.15. The van der Waals surface area contributed by atoms with Crippen LogP contribution in [0.25, 0.3) is 0 Å². The lowest BCUT2D eigenvalue weighted by Gasteiger charge is -2.14. The van der Waals surface area contributed by atoms with Crippen LogP contribution in [-0.2, 0) is 11.2 Å². The van der Waals surface area contributed by atoms with E-state index in [0.717, 1.165) is 23.3 Å². The maximum absolute atomic E-state index is 12.1. The first-order chi connectivity index (χ1) is 10.7. The van der Waals surface area contributed by atoms with Crippen LogP contribution in [0.5, 0.6) is 5.75 Å². The van der Waals surface area contributed by atoms with Gasteiger partial charge in [0.25, 0.3) is 0 Å². The Balaban J connectivity index is 1.90. The number of ether oxygens (including phenoxy) is 2. The Morgan fingerprint density at radius 3 is 2.32 bits per heavy atom. The van der Waals surface area contributed by atoms with E-state index in [1.807, 2.05) is 54.6 Å². The summed E-state index contributed by atoms with van der Waals surface area (Å²) in [6.07, 6.45) is 1.43. The highest BCUT2D eigenvalue weighted by Gasteiger charge is 2.08. The molecule has 1 unspecified atom stereocenters. The molecule has 0 aliphatic heterocycles. The van der Waals surface area contributed by atoms with Crippen LogP contribution in [-0.4, -0.2) is 25.6 Å². The van der Waals surface area contributed by atoms with Crippen molar-refractivity contribution in [1.29, 1.82) is 0 Å². The monoisotopic (exact) mass is 298 g/mol. The van der Waals surface area contributed by atoms with E-state index in [1.54, 1.807) is 7.11 Å². The fourth-order valence-corrected chi connectivity index (χ4v) is 2.16. The molecule has 0 aliphatic rings. The standard InChI is InChI=1S/C19H22O3/c1-3-17(21-2)14-22-18-11-9-15(10-12-18)13-19(20)16-7-5-4-6-8-16/h4-12,17H,3,13-14H2,1-2H3. The number of rotatable bonds is 8. The normalized spacial score (nSPS) is 11.9. The van der Waals surface area contributed by atoms with Gasteiger partial charge in [-0.05, 0) is 24.1 Å². The summed E-state index contributed by atoms with van der Waals surface area (Å²) in [7, 11) is 1.69. The Kier molecular flexibility index (Phi) is 6.16. The first-order valence-electron chi connectivity index (χ1n) is 7.55. The zero-order valence-electron chi connectivity index (χ0n) is 13.1. The molecule has 0 fully saturated rings. The third-order valence-electron chi connectivity index (χ3n) is 3.61. The zero-order chi connectivity index (χ0) is 15.8. The van der Waals surface area contributed by atoms with Gasteiger partial charge in [0, 0.05) is 19.1 Å². The molecule has 0 spiro atoms. The number of Topliss-reactive ketones (excluding diaryl/α,β-unsaturated/α-hetero) is 1. The number of hydrogen-bond acceptors (Lipinski definition) is 3. The van der Waals surface area contributed by atoms with Crippen LogP contribution in [0.3, 0.4) is 0 Å². The summed E-state index contributed by atoms with van der Waals surface area (Å²) in [4.78, 5) is 12.1. The molecule has 22 heavy (non-hydrogen) atoms. The molecule has 2 aromatic carbocycles. The molecule has 0 aromatic heterocycles. The van der Waals surface area contributed by atoms with E-state index in [0.29, 0.717) is 13.0 Å². The van der Waals surface area contributed by atoms with E-state index in [9.17, 15) is 4.79 Å². The molecule has 0 amide bonds. The summed E-state index contributed by atoms with van der Waals surface area (Å²) in [6.45, 7) is 2.60. The summed E-state index contributed by atoms with van der Waals surface area (Å²) in [5.74, 6) is 0.922. The number of carbonyl (C=O) groups excluding carboxylic acids is 1. The molecule has 0 saturated heterocycles. The summed E-state index contributed by atoms with van der Waals surface area (Å²) in [5.41, 5.74) is 1.73. The van der Waals surface area contributed by atoms with Crippen LogP contribution >= 0.6 is 0 Å². The quantitative estimate of drug-likeness (QED) is 0.693. The van der Waals surface area contributed by atoms with E-state index in [1.165, 1.54) is 0 Å². The molecule has 116 valence electrons. The van der Waals surface area contributed by atoms with E-state index >= 15 is 0 Å². The lowest BCUT2D eigenvalue weighted by molar-refractivity contribution is 0.0556. The van der Waals surface area contributed by atoms with Crippen LogP contribution in [0, 0.1) is 0 Å². The van der Waals surface area contributed by atoms with Gasteiger partial charge in [0.05, 0.1) is 6.10 Å². The van der Waals surface area contributed by atoms with Crippen LogP contribution < -0.4 is 4.74 Å². The van der Waals surface area contributed by atoms with Crippen LogP contribution in [0.4, 0.5) is 0 Å². The lowest BCUT2D eigenvalue weighted by atomic mass is 10.0. The lowest BCUT2D eigenvalue weighted by Crippen LogP contribution is -2.19. The fraction of sp³-hybridized carbons (Fsp3) is 0.316. The van der Waals surface area contributed by atoms with Crippen molar-refractivity contribution in [3.05, 3.63) is 65.7 Å². The molecule has 0 heterocycles. The average Bonchev–Trinajstić information content (AvgIpc) is 2.58. The third kappa shape index (κ3) is 4.71. The molecule has 1 atom stereocenters. The van der Waals surface area contributed by atoms with Gasteiger partial charge in [-0.15, -0.1) is 0 Å². The predicted octanol–water partition coefficient (Wildman–Crippen LogP) is 3.92. The molecule has 0 radical (unpaired) electrons. The minimum Gasteiger partial charge on any atom is -0.491 e. The molecule has 2 rings (SSSR count). The fourth-order valence-electron chi connectivity index (χ4n) is 2.16. The second-order valence-electron chi connectivity index (χ2n) is 5.19. The second-order valence-corrected chi connectivity index (χ2v) is 5.19. The molecule has 0 saturated carbocycles.